The van der Waals surface area contributed by atoms with Crippen LogP contribution in [-0.2, 0) is 4.79 Å². The molecule has 0 saturated heterocycles. The molecule has 1 atom stereocenters. The zero-order chi connectivity index (χ0) is 16.1. The van der Waals surface area contributed by atoms with Crippen LogP contribution in [0.15, 0.2) is 47.4 Å². The summed E-state index contributed by atoms with van der Waals surface area (Å²) in [6, 6.07) is 12.6. The van der Waals surface area contributed by atoms with Crippen molar-refractivity contribution >= 4 is 17.7 Å². The molecule has 4 heteroatoms. The number of hydrogen-bond donors (Lipinski definition) is 1. The Kier molecular flexibility index (Phi) is 5.61. The number of aryl methyl sites for hydroxylation is 2. The van der Waals surface area contributed by atoms with Crippen LogP contribution in [0.2, 0.25) is 0 Å². The molecule has 1 N–H and O–H groups in total. The smallest absolute Gasteiger partial charge is 0.230 e. The molecule has 22 heavy (non-hydrogen) atoms. The van der Waals surface area contributed by atoms with E-state index in [1.165, 1.54) is 29.0 Å². The molecule has 0 bridgehead atoms. The van der Waals surface area contributed by atoms with Crippen LogP contribution in [0.25, 0.3) is 0 Å². The van der Waals surface area contributed by atoms with Crippen LogP contribution in [0.4, 0.5) is 4.39 Å². The molecule has 0 heterocycles. The summed E-state index contributed by atoms with van der Waals surface area (Å²) in [6.07, 6.45) is 0. The van der Waals surface area contributed by atoms with Crippen LogP contribution in [0.3, 0.4) is 0 Å². The highest BCUT2D eigenvalue weighted by Crippen LogP contribution is 2.21. The molecule has 0 fully saturated rings. The van der Waals surface area contributed by atoms with Gasteiger partial charge in [-0.3, -0.25) is 4.79 Å². The van der Waals surface area contributed by atoms with Crippen LogP contribution in [0.5, 0.6) is 0 Å². The first-order chi connectivity index (χ1) is 10.5. The number of benzene rings is 2. The third-order valence-electron chi connectivity index (χ3n) is 3.60. The average Bonchev–Trinajstić information content (AvgIpc) is 2.49. The highest BCUT2D eigenvalue weighted by Gasteiger charge is 2.11. The van der Waals surface area contributed by atoms with E-state index in [9.17, 15) is 9.18 Å². The second-order valence-corrected chi connectivity index (χ2v) is 6.37. The van der Waals surface area contributed by atoms with Gasteiger partial charge < -0.3 is 5.32 Å². The summed E-state index contributed by atoms with van der Waals surface area (Å²) in [4.78, 5) is 12.5. The van der Waals surface area contributed by atoms with E-state index in [-0.39, 0.29) is 23.5 Å². The maximum absolute atomic E-state index is 13.5. The number of carbonyl (C=O) groups is 1. The normalized spacial score (nSPS) is 12.0. The molecule has 2 rings (SSSR count). The fraction of sp³-hybridized carbons (Fsp3) is 0.278. The molecule has 0 radical (unpaired) electrons. The van der Waals surface area contributed by atoms with E-state index < -0.39 is 0 Å². The fourth-order valence-corrected chi connectivity index (χ4v) is 2.86. The van der Waals surface area contributed by atoms with Crippen LogP contribution >= 0.6 is 11.8 Å². The van der Waals surface area contributed by atoms with Gasteiger partial charge in [-0.05, 0) is 49.6 Å². The lowest BCUT2D eigenvalue weighted by molar-refractivity contribution is -0.119. The van der Waals surface area contributed by atoms with Gasteiger partial charge in [-0.2, -0.15) is 0 Å². The quantitative estimate of drug-likeness (QED) is 0.828. The van der Waals surface area contributed by atoms with Crippen molar-refractivity contribution in [2.45, 2.75) is 31.7 Å². The molecule has 0 spiro atoms. The van der Waals surface area contributed by atoms with Crippen LogP contribution < -0.4 is 5.32 Å². The van der Waals surface area contributed by atoms with Gasteiger partial charge in [-0.1, -0.05) is 30.3 Å². The first-order valence-electron chi connectivity index (χ1n) is 7.21. The molecular formula is C18H20FNOS. The number of rotatable bonds is 5. The third kappa shape index (κ3) is 4.34. The minimum Gasteiger partial charge on any atom is -0.349 e. The van der Waals surface area contributed by atoms with Crippen molar-refractivity contribution in [3.05, 3.63) is 65.0 Å². The highest BCUT2D eigenvalue weighted by molar-refractivity contribution is 8.00. The second kappa shape index (κ2) is 7.45. The molecule has 0 aliphatic carbocycles. The topological polar surface area (TPSA) is 29.1 Å². The largest absolute Gasteiger partial charge is 0.349 e. The predicted molar refractivity (Wildman–Crippen MR) is 89.6 cm³/mol. The van der Waals surface area contributed by atoms with Gasteiger partial charge in [0.25, 0.3) is 0 Å². The van der Waals surface area contributed by atoms with Gasteiger partial charge in [0.1, 0.15) is 5.82 Å². The zero-order valence-corrected chi connectivity index (χ0v) is 13.8. The molecule has 0 unspecified atom stereocenters. The van der Waals surface area contributed by atoms with Crippen LogP contribution in [0, 0.1) is 19.7 Å². The van der Waals surface area contributed by atoms with Crippen molar-refractivity contribution in [3.63, 3.8) is 0 Å². The Labute approximate surface area is 135 Å². The lowest BCUT2D eigenvalue weighted by atomic mass is 10.0. The first kappa shape index (κ1) is 16.6. The summed E-state index contributed by atoms with van der Waals surface area (Å²) in [5.74, 6) is -0.183. The van der Waals surface area contributed by atoms with E-state index in [2.05, 4.69) is 31.3 Å². The number of nitrogens with one attached hydrogen (secondary N) is 1. The lowest BCUT2D eigenvalue weighted by Crippen LogP contribution is -2.28. The third-order valence-corrected chi connectivity index (χ3v) is 4.65. The Balaban J connectivity index is 1.91. The van der Waals surface area contributed by atoms with Crippen molar-refractivity contribution in [3.8, 4) is 0 Å². The predicted octanol–water partition coefficient (Wildman–Crippen LogP) is 4.41. The van der Waals surface area contributed by atoms with Gasteiger partial charge in [0, 0.05) is 4.90 Å². The number of amides is 1. The summed E-state index contributed by atoms with van der Waals surface area (Å²) in [7, 11) is 0. The molecule has 1 amide bonds. The minimum atomic E-state index is -0.289. The maximum atomic E-state index is 13.5. The Hall–Kier alpha value is -1.81. The van der Waals surface area contributed by atoms with Gasteiger partial charge in [-0.25, -0.2) is 4.39 Å². The standard InChI is InChI=1S/C18H20FNOS/c1-12-8-9-15(10-13(12)2)14(3)20-18(21)11-22-17-7-5-4-6-16(17)19/h4-10,14H,11H2,1-3H3,(H,20,21)/t14-/m1/s1. The molecule has 0 saturated carbocycles. The number of thioether (sulfide) groups is 1. The second-order valence-electron chi connectivity index (χ2n) is 5.35. The van der Waals surface area contributed by atoms with Crippen molar-refractivity contribution in [1.82, 2.24) is 5.32 Å². The summed E-state index contributed by atoms with van der Waals surface area (Å²) in [5.41, 5.74) is 3.52. The van der Waals surface area contributed by atoms with Gasteiger partial charge in [0.15, 0.2) is 0 Å². The summed E-state index contributed by atoms with van der Waals surface area (Å²) in [5, 5.41) is 2.95. The SMILES string of the molecule is Cc1ccc([C@@H](C)NC(=O)CSc2ccccc2F)cc1C. The molecule has 116 valence electrons. The molecular weight excluding hydrogens is 297 g/mol. The minimum absolute atomic E-state index is 0.0620. The molecule has 0 aliphatic heterocycles. The molecule has 0 aliphatic rings. The zero-order valence-electron chi connectivity index (χ0n) is 13.0. The lowest BCUT2D eigenvalue weighted by Gasteiger charge is -2.15. The summed E-state index contributed by atoms with van der Waals surface area (Å²) < 4.78 is 13.5. The van der Waals surface area contributed by atoms with E-state index in [0.29, 0.717) is 4.90 Å². The summed E-state index contributed by atoms with van der Waals surface area (Å²) in [6.45, 7) is 6.07. The van der Waals surface area contributed by atoms with Crippen molar-refractivity contribution in [2.75, 3.05) is 5.75 Å². The first-order valence-corrected chi connectivity index (χ1v) is 8.20. The van der Waals surface area contributed by atoms with E-state index in [4.69, 9.17) is 0 Å². The van der Waals surface area contributed by atoms with E-state index in [1.54, 1.807) is 18.2 Å². The monoisotopic (exact) mass is 317 g/mol. The van der Waals surface area contributed by atoms with Crippen molar-refractivity contribution in [1.29, 1.82) is 0 Å². The number of hydrogen-bond acceptors (Lipinski definition) is 2. The Morgan fingerprint density at radius 2 is 1.91 bits per heavy atom. The Morgan fingerprint density at radius 1 is 1.18 bits per heavy atom. The number of carbonyl (C=O) groups excluding carboxylic acids is 1. The highest BCUT2D eigenvalue weighted by atomic mass is 32.2. The van der Waals surface area contributed by atoms with Crippen LogP contribution in [0.1, 0.15) is 29.7 Å². The molecule has 2 aromatic rings. The average molecular weight is 317 g/mol. The molecule has 2 aromatic carbocycles. The Bertz CT molecular complexity index is 672. The Morgan fingerprint density at radius 3 is 2.59 bits per heavy atom. The molecule has 0 aromatic heterocycles. The van der Waals surface area contributed by atoms with Gasteiger partial charge in [0.2, 0.25) is 5.91 Å². The van der Waals surface area contributed by atoms with Crippen LogP contribution in [-0.4, -0.2) is 11.7 Å². The van der Waals surface area contributed by atoms with Crippen molar-refractivity contribution < 1.29 is 9.18 Å². The fourth-order valence-electron chi connectivity index (χ4n) is 2.11. The van der Waals surface area contributed by atoms with Crippen molar-refractivity contribution in [2.24, 2.45) is 0 Å². The van der Waals surface area contributed by atoms with E-state index in [1.807, 2.05) is 13.0 Å². The maximum Gasteiger partial charge on any atom is 0.230 e. The van der Waals surface area contributed by atoms with Gasteiger partial charge in [0.05, 0.1) is 11.8 Å². The van der Waals surface area contributed by atoms with E-state index >= 15 is 0 Å². The van der Waals surface area contributed by atoms with E-state index in [0.717, 1.165) is 5.56 Å². The number of halogens is 1. The summed E-state index contributed by atoms with van der Waals surface area (Å²) >= 11 is 1.21. The van der Waals surface area contributed by atoms with Gasteiger partial charge in [-0.15, -0.1) is 11.8 Å². The molecule has 2 nitrogen and oxygen atoms in total. The van der Waals surface area contributed by atoms with Gasteiger partial charge >= 0.3 is 0 Å².